The average Bonchev–Trinajstić information content (AvgIpc) is 2.34. The van der Waals surface area contributed by atoms with E-state index in [1.807, 2.05) is 0 Å². The Kier molecular flexibility index (Phi) is 4.46. The Bertz CT molecular complexity index is 469. The van der Waals surface area contributed by atoms with E-state index in [-0.39, 0.29) is 6.61 Å². The number of hydrogen-bond donors (Lipinski definition) is 1. The van der Waals surface area contributed by atoms with Gasteiger partial charge in [-0.1, -0.05) is 0 Å². The average molecular weight is 283 g/mol. The van der Waals surface area contributed by atoms with Crippen LogP contribution >= 0.6 is 0 Å². The maximum absolute atomic E-state index is 13.5. The molecule has 19 heavy (non-hydrogen) atoms. The van der Waals surface area contributed by atoms with Crippen LogP contribution in [0.15, 0.2) is 12.1 Å². The molecular formula is C11H10F5NO2. The molecule has 1 rings (SSSR count). The number of esters is 1. The summed E-state index contributed by atoms with van der Waals surface area (Å²) in [4.78, 5) is 11.0. The fourth-order valence-electron chi connectivity index (χ4n) is 1.32. The molecule has 0 amide bonds. The Morgan fingerprint density at radius 3 is 2.21 bits per heavy atom. The summed E-state index contributed by atoms with van der Waals surface area (Å²) in [6.07, 6.45) is 0. The molecule has 1 atom stereocenters. The highest BCUT2D eigenvalue weighted by Crippen LogP contribution is 2.31. The fourth-order valence-corrected chi connectivity index (χ4v) is 1.32. The Morgan fingerprint density at radius 1 is 1.32 bits per heavy atom. The minimum atomic E-state index is -4.19. The number of nitrogens with two attached hydrogens (primary N) is 1. The van der Waals surface area contributed by atoms with E-state index in [1.165, 1.54) is 6.92 Å². The zero-order chi connectivity index (χ0) is 14.8. The smallest absolute Gasteiger partial charge is 0.379 e. The topological polar surface area (TPSA) is 52.3 Å². The summed E-state index contributed by atoms with van der Waals surface area (Å²) in [5.74, 6) is -11.3. The normalized spacial score (nSPS) is 13.2. The predicted octanol–water partition coefficient (Wildman–Crippen LogP) is 2.30. The summed E-state index contributed by atoms with van der Waals surface area (Å²) in [5.41, 5.74) is 4.33. The molecule has 0 saturated heterocycles. The molecule has 106 valence electrons. The van der Waals surface area contributed by atoms with Crippen LogP contribution in [0.3, 0.4) is 0 Å². The monoisotopic (exact) mass is 283 g/mol. The number of alkyl halides is 2. The van der Waals surface area contributed by atoms with Crippen LogP contribution in [0.2, 0.25) is 0 Å². The predicted molar refractivity (Wildman–Crippen MR) is 54.8 cm³/mol. The van der Waals surface area contributed by atoms with Gasteiger partial charge in [-0.3, -0.25) is 0 Å². The third-order valence-electron chi connectivity index (χ3n) is 2.30. The summed E-state index contributed by atoms with van der Waals surface area (Å²) >= 11 is 0. The maximum atomic E-state index is 13.5. The van der Waals surface area contributed by atoms with Gasteiger partial charge in [0.1, 0.15) is 6.04 Å². The highest BCUT2D eigenvalue weighted by molar-refractivity contribution is 5.78. The second-order valence-corrected chi connectivity index (χ2v) is 3.62. The zero-order valence-corrected chi connectivity index (χ0v) is 9.72. The van der Waals surface area contributed by atoms with Crippen molar-refractivity contribution < 1.29 is 31.5 Å². The van der Waals surface area contributed by atoms with Gasteiger partial charge in [0.15, 0.2) is 17.5 Å². The van der Waals surface area contributed by atoms with Crippen molar-refractivity contribution in [3.05, 3.63) is 35.1 Å². The first-order valence-electron chi connectivity index (χ1n) is 5.16. The molecule has 0 saturated carbocycles. The van der Waals surface area contributed by atoms with Gasteiger partial charge in [-0.25, -0.2) is 18.0 Å². The van der Waals surface area contributed by atoms with E-state index in [9.17, 15) is 26.7 Å². The molecule has 0 aliphatic carbocycles. The molecule has 1 aromatic carbocycles. The molecule has 0 radical (unpaired) electrons. The lowest BCUT2D eigenvalue weighted by molar-refractivity contribution is -0.174. The van der Waals surface area contributed by atoms with E-state index < -0.39 is 40.9 Å². The highest BCUT2D eigenvalue weighted by atomic mass is 19.3. The van der Waals surface area contributed by atoms with Gasteiger partial charge in [-0.05, 0) is 24.6 Å². The summed E-state index contributed by atoms with van der Waals surface area (Å²) in [5, 5.41) is 0. The van der Waals surface area contributed by atoms with Gasteiger partial charge in [-0.15, -0.1) is 0 Å². The van der Waals surface area contributed by atoms with E-state index >= 15 is 0 Å². The van der Waals surface area contributed by atoms with Gasteiger partial charge in [-0.2, -0.15) is 8.78 Å². The lowest BCUT2D eigenvalue weighted by Gasteiger charge is -2.22. The van der Waals surface area contributed by atoms with Gasteiger partial charge in [0.05, 0.1) is 6.61 Å². The van der Waals surface area contributed by atoms with Crippen LogP contribution in [0, 0.1) is 17.5 Å². The van der Waals surface area contributed by atoms with Crippen LogP contribution in [0.4, 0.5) is 22.0 Å². The molecule has 2 N–H and O–H groups in total. The molecule has 0 spiro atoms. The van der Waals surface area contributed by atoms with E-state index in [4.69, 9.17) is 5.73 Å². The zero-order valence-electron chi connectivity index (χ0n) is 9.72. The van der Waals surface area contributed by atoms with Crippen molar-refractivity contribution in [2.24, 2.45) is 5.73 Å². The highest BCUT2D eigenvalue weighted by Gasteiger charge is 2.48. The first-order chi connectivity index (χ1) is 8.71. The number of hydrogen-bond acceptors (Lipinski definition) is 3. The summed E-state index contributed by atoms with van der Waals surface area (Å²) in [7, 11) is 0. The van der Waals surface area contributed by atoms with Crippen molar-refractivity contribution in [1.29, 1.82) is 0 Å². The van der Waals surface area contributed by atoms with Gasteiger partial charge >= 0.3 is 11.9 Å². The van der Waals surface area contributed by atoms with Crippen LogP contribution < -0.4 is 5.73 Å². The standard InChI is InChI=1S/C11H10F5NO2/c1-2-19-10(18)11(15,16)9(17)5-3-6(12)8(14)7(13)4-5/h3-4,9H,2,17H2,1H3/t9-/m1/s1. The number of carbonyl (C=O) groups excluding carboxylic acids is 1. The fraction of sp³-hybridized carbons (Fsp3) is 0.364. The van der Waals surface area contributed by atoms with Gasteiger partial charge in [0.25, 0.3) is 0 Å². The number of halogens is 5. The molecule has 0 fully saturated rings. The summed E-state index contributed by atoms with van der Waals surface area (Å²) < 4.78 is 69.6. The van der Waals surface area contributed by atoms with E-state index in [0.29, 0.717) is 12.1 Å². The third kappa shape index (κ3) is 3.01. The molecular weight excluding hydrogens is 273 g/mol. The number of rotatable bonds is 4. The van der Waals surface area contributed by atoms with Crippen LogP contribution in [0.5, 0.6) is 0 Å². The Morgan fingerprint density at radius 2 is 1.79 bits per heavy atom. The van der Waals surface area contributed by atoms with Gasteiger partial charge in [0.2, 0.25) is 0 Å². The lowest BCUT2D eigenvalue weighted by Crippen LogP contribution is -2.41. The Labute approximate surface area is 105 Å². The minimum Gasteiger partial charge on any atom is -0.462 e. The van der Waals surface area contributed by atoms with Gasteiger partial charge in [0, 0.05) is 0 Å². The van der Waals surface area contributed by atoms with Crippen molar-refractivity contribution in [3.63, 3.8) is 0 Å². The SMILES string of the molecule is CCOC(=O)C(F)(F)[C@H](N)c1cc(F)c(F)c(F)c1. The van der Waals surface area contributed by atoms with Crippen molar-refractivity contribution in [3.8, 4) is 0 Å². The maximum Gasteiger partial charge on any atom is 0.379 e. The minimum absolute atomic E-state index is 0.302. The van der Waals surface area contributed by atoms with Crippen LogP contribution in [-0.4, -0.2) is 18.5 Å². The first kappa shape index (κ1) is 15.4. The van der Waals surface area contributed by atoms with Crippen molar-refractivity contribution in [2.45, 2.75) is 18.9 Å². The Balaban J connectivity index is 3.12. The molecule has 0 heterocycles. The van der Waals surface area contributed by atoms with Crippen LogP contribution in [-0.2, 0) is 9.53 Å². The quantitative estimate of drug-likeness (QED) is 0.524. The van der Waals surface area contributed by atoms with Gasteiger partial charge < -0.3 is 10.5 Å². The van der Waals surface area contributed by atoms with Crippen LogP contribution in [0.1, 0.15) is 18.5 Å². The second-order valence-electron chi connectivity index (χ2n) is 3.62. The lowest BCUT2D eigenvalue weighted by atomic mass is 10.0. The molecule has 0 aliphatic heterocycles. The second kappa shape index (κ2) is 5.52. The number of carbonyl (C=O) groups is 1. The van der Waals surface area contributed by atoms with Crippen molar-refractivity contribution in [2.75, 3.05) is 6.61 Å². The molecule has 0 bridgehead atoms. The first-order valence-corrected chi connectivity index (χ1v) is 5.16. The molecule has 8 heteroatoms. The molecule has 0 unspecified atom stereocenters. The molecule has 1 aromatic rings. The van der Waals surface area contributed by atoms with Crippen molar-refractivity contribution in [1.82, 2.24) is 0 Å². The third-order valence-corrected chi connectivity index (χ3v) is 2.30. The van der Waals surface area contributed by atoms with E-state index in [0.717, 1.165) is 0 Å². The number of benzene rings is 1. The van der Waals surface area contributed by atoms with E-state index in [2.05, 4.69) is 4.74 Å². The largest absolute Gasteiger partial charge is 0.462 e. The summed E-state index contributed by atoms with van der Waals surface area (Å²) in [6.45, 7) is 0.990. The Hall–Kier alpha value is -1.70. The molecule has 3 nitrogen and oxygen atoms in total. The van der Waals surface area contributed by atoms with Crippen molar-refractivity contribution >= 4 is 5.97 Å². The number of ether oxygens (including phenoxy) is 1. The van der Waals surface area contributed by atoms with Crippen LogP contribution in [0.25, 0.3) is 0 Å². The molecule has 0 aliphatic rings. The molecule has 0 aromatic heterocycles. The van der Waals surface area contributed by atoms with E-state index in [1.54, 1.807) is 0 Å². The summed E-state index contributed by atoms with van der Waals surface area (Å²) in [6, 6.07) is -1.75.